The van der Waals surface area contributed by atoms with E-state index < -0.39 is 62.0 Å². The molecule has 1 heterocycles. The first-order valence-electron chi connectivity index (χ1n) is 13.7. The average Bonchev–Trinajstić information content (AvgIpc) is 3.30. The van der Waals surface area contributed by atoms with Gasteiger partial charge >= 0.3 is 0 Å². The van der Waals surface area contributed by atoms with Gasteiger partial charge in [-0.2, -0.15) is 0 Å². The van der Waals surface area contributed by atoms with Gasteiger partial charge in [0.2, 0.25) is 0 Å². The van der Waals surface area contributed by atoms with Crippen LogP contribution >= 0.6 is 24.8 Å². The molecular formula is C26H49Cl3N4O11. The molecule has 15 nitrogen and oxygen atoms in total. The van der Waals surface area contributed by atoms with Crippen molar-refractivity contribution in [2.24, 2.45) is 5.73 Å². The maximum Gasteiger partial charge on any atom is 0.271 e. The van der Waals surface area contributed by atoms with Crippen molar-refractivity contribution in [1.29, 1.82) is 0 Å². The molecule has 2 aromatic rings. The van der Waals surface area contributed by atoms with Crippen molar-refractivity contribution in [3.63, 3.8) is 0 Å². The summed E-state index contributed by atoms with van der Waals surface area (Å²) in [5, 5.41) is 98.6. The minimum atomic E-state index is -1.87. The van der Waals surface area contributed by atoms with Crippen LogP contribution in [0.5, 0.6) is 5.75 Å². The highest BCUT2D eigenvalue weighted by molar-refractivity contribution is 5.85. The number of halogens is 3. The van der Waals surface area contributed by atoms with Crippen LogP contribution in [0.15, 0.2) is 18.2 Å². The number of nitrogens with zero attached hydrogens (tertiary/aromatic N) is 3. The van der Waals surface area contributed by atoms with E-state index in [-0.39, 0.29) is 63.5 Å². The van der Waals surface area contributed by atoms with Crippen LogP contribution in [0, 0.1) is 0 Å². The van der Waals surface area contributed by atoms with Crippen LogP contribution in [0.1, 0.15) is 19.7 Å². The third kappa shape index (κ3) is 11.3. The Kier molecular flexibility index (Phi) is 22.1. The fourth-order valence-corrected chi connectivity index (χ4v) is 4.81. The van der Waals surface area contributed by atoms with Gasteiger partial charge in [-0.1, -0.05) is 0 Å². The summed E-state index contributed by atoms with van der Waals surface area (Å²) in [5.74, 6) is 1.50. The first kappa shape index (κ1) is 45.0. The van der Waals surface area contributed by atoms with Gasteiger partial charge in [0.15, 0.2) is 11.0 Å². The SMILES string of the molecule is CCn1c(CN)[n+](CC)c2cc(OCCN(C[C@H](O)[C@@H](O)[C@H](O)[C@H](O)CO)C[C@H](O)[C@@H](O)[C@H](O)[C@H](O)CO)ccc21.Cl.Cl.[Cl-]. The van der Waals surface area contributed by atoms with Crippen molar-refractivity contribution in [2.75, 3.05) is 39.5 Å². The predicted octanol–water partition coefficient (Wildman–Crippen LogP) is -7.17. The van der Waals surface area contributed by atoms with Crippen LogP contribution < -0.4 is 27.4 Å². The maximum absolute atomic E-state index is 10.5. The van der Waals surface area contributed by atoms with E-state index in [1.807, 2.05) is 26.0 Å². The fourth-order valence-electron chi connectivity index (χ4n) is 4.81. The summed E-state index contributed by atoms with van der Waals surface area (Å²) in [6, 6.07) is 5.57. The Labute approximate surface area is 275 Å². The molecule has 0 bridgehead atoms. The molecule has 0 saturated heterocycles. The fraction of sp³-hybridized carbons (Fsp3) is 0.731. The van der Waals surface area contributed by atoms with Crippen molar-refractivity contribution < 1.29 is 72.8 Å². The molecular weight excluding hydrogens is 651 g/mol. The van der Waals surface area contributed by atoms with Gasteiger partial charge in [-0.15, -0.1) is 24.8 Å². The first-order valence-corrected chi connectivity index (χ1v) is 13.7. The van der Waals surface area contributed by atoms with Gasteiger partial charge in [0.1, 0.15) is 49.0 Å². The molecule has 0 saturated carbocycles. The van der Waals surface area contributed by atoms with Gasteiger partial charge in [0.25, 0.3) is 5.82 Å². The van der Waals surface area contributed by atoms with Crippen molar-refractivity contribution in [1.82, 2.24) is 9.47 Å². The lowest BCUT2D eigenvalue weighted by atomic mass is 10.0. The zero-order valence-corrected chi connectivity index (χ0v) is 27.1. The van der Waals surface area contributed by atoms with E-state index in [2.05, 4.69) is 9.13 Å². The zero-order valence-electron chi connectivity index (χ0n) is 24.7. The number of hydrogen-bond donors (Lipinski definition) is 11. The molecule has 0 fully saturated rings. The summed E-state index contributed by atoms with van der Waals surface area (Å²) >= 11 is 0. The highest BCUT2D eigenvalue weighted by atomic mass is 35.5. The lowest BCUT2D eigenvalue weighted by Gasteiger charge is -2.33. The van der Waals surface area contributed by atoms with E-state index in [0.717, 1.165) is 23.4 Å². The number of ether oxygens (including phenoxy) is 1. The van der Waals surface area contributed by atoms with Crippen molar-refractivity contribution >= 4 is 35.8 Å². The van der Waals surface area contributed by atoms with Crippen molar-refractivity contribution in [2.45, 2.75) is 82.3 Å². The third-order valence-electron chi connectivity index (χ3n) is 7.18. The largest absolute Gasteiger partial charge is 1.00 e. The molecule has 0 aliphatic heterocycles. The number of benzene rings is 1. The molecule has 12 N–H and O–H groups in total. The summed E-state index contributed by atoms with van der Waals surface area (Å²) in [4.78, 5) is 1.38. The van der Waals surface area contributed by atoms with Crippen LogP contribution in [0.25, 0.3) is 11.0 Å². The van der Waals surface area contributed by atoms with E-state index in [1.165, 1.54) is 4.90 Å². The molecule has 8 atom stereocenters. The van der Waals surface area contributed by atoms with E-state index >= 15 is 0 Å². The molecule has 44 heavy (non-hydrogen) atoms. The Balaban J connectivity index is 0. The van der Waals surface area contributed by atoms with Gasteiger partial charge in [0, 0.05) is 25.7 Å². The van der Waals surface area contributed by atoms with Crippen LogP contribution in [-0.2, 0) is 19.6 Å². The summed E-state index contributed by atoms with van der Waals surface area (Å²) in [6.45, 7) is 3.42. The predicted molar refractivity (Wildman–Crippen MR) is 160 cm³/mol. The van der Waals surface area contributed by atoms with Gasteiger partial charge < -0.3 is 73.9 Å². The van der Waals surface area contributed by atoms with Crippen molar-refractivity contribution in [3.8, 4) is 5.75 Å². The normalized spacial score (nSPS) is 17.0. The Hall–Kier alpha value is -1.12. The Morgan fingerprint density at radius 1 is 0.818 bits per heavy atom. The Bertz CT molecular complexity index is 1040. The highest BCUT2D eigenvalue weighted by Gasteiger charge is 2.34. The molecule has 0 unspecified atom stereocenters. The minimum Gasteiger partial charge on any atom is -1.00 e. The van der Waals surface area contributed by atoms with Crippen LogP contribution in [-0.4, -0.2) is 149 Å². The van der Waals surface area contributed by atoms with Gasteiger partial charge in [-0.25, -0.2) is 9.13 Å². The summed E-state index contributed by atoms with van der Waals surface area (Å²) in [5.41, 5.74) is 7.90. The standard InChI is InChI=1S/C26H47N4O11.3ClH/c1-3-29-16-6-5-15(9-17(16)30(4-2)22(29)10-27)41-8-7-28(11-18(33)23(37)25(39)20(35)13-31)12-19(34)24(38)26(40)21(36)14-32;;;/h5-6,9,18-21,23-26,31-40H,3-4,7-8,10-14,27H2,1-2H3;3*1H/q+1;;;/p-1/t18-,19-,20+,21+,23+,24+,25+,26+;;;/m0.../s1. The molecule has 0 radical (unpaired) electrons. The number of aromatic nitrogens is 2. The number of aliphatic hydroxyl groups is 10. The highest BCUT2D eigenvalue weighted by Crippen LogP contribution is 2.21. The Morgan fingerprint density at radius 3 is 1.70 bits per heavy atom. The lowest BCUT2D eigenvalue weighted by Crippen LogP contribution is -3.00. The van der Waals surface area contributed by atoms with E-state index in [9.17, 15) is 40.9 Å². The van der Waals surface area contributed by atoms with Crippen LogP contribution in [0.2, 0.25) is 0 Å². The summed E-state index contributed by atoms with van der Waals surface area (Å²) < 4.78 is 10.1. The molecule has 0 amide bonds. The number of fused-ring (bicyclic) bond motifs is 1. The lowest BCUT2D eigenvalue weighted by molar-refractivity contribution is -0.676. The second kappa shape index (κ2) is 21.6. The number of nitrogens with two attached hydrogens (primary N) is 1. The monoisotopic (exact) mass is 698 g/mol. The van der Waals surface area contributed by atoms with Crippen LogP contribution in [0.4, 0.5) is 0 Å². The van der Waals surface area contributed by atoms with E-state index in [4.69, 9.17) is 20.7 Å². The Morgan fingerprint density at radius 2 is 1.30 bits per heavy atom. The van der Waals surface area contributed by atoms with Gasteiger partial charge in [0.05, 0.1) is 45.1 Å². The molecule has 0 aliphatic carbocycles. The average molecular weight is 700 g/mol. The molecule has 1 aromatic carbocycles. The quantitative estimate of drug-likeness (QED) is 0.0611. The zero-order chi connectivity index (χ0) is 30.9. The van der Waals surface area contributed by atoms with E-state index in [0.29, 0.717) is 18.8 Å². The number of imidazole rings is 1. The number of hydrogen-bond acceptors (Lipinski definition) is 13. The molecule has 18 heteroatoms. The summed E-state index contributed by atoms with van der Waals surface area (Å²) in [7, 11) is 0. The molecule has 0 spiro atoms. The summed E-state index contributed by atoms with van der Waals surface area (Å²) in [6.07, 6.45) is -14.2. The van der Waals surface area contributed by atoms with Crippen molar-refractivity contribution in [3.05, 3.63) is 24.0 Å². The smallest absolute Gasteiger partial charge is 0.271 e. The first-order chi connectivity index (χ1) is 19.4. The maximum atomic E-state index is 10.5. The van der Waals surface area contributed by atoms with Crippen LogP contribution in [0.3, 0.4) is 0 Å². The van der Waals surface area contributed by atoms with Gasteiger partial charge in [-0.05, 0) is 26.0 Å². The molecule has 260 valence electrons. The third-order valence-corrected chi connectivity index (χ3v) is 7.18. The number of aliphatic hydroxyl groups excluding tert-OH is 10. The topological polar surface area (TPSA) is 250 Å². The second-order valence-electron chi connectivity index (χ2n) is 9.96. The molecule has 2 rings (SSSR count). The van der Waals surface area contributed by atoms with Gasteiger partial charge in [-0.3, -0.25) is 4.90 Å². The number of aryl methyl sites for hydroxylation is 2. The second-order valence-corrected chi connectivity index (χ2v) is 9.96. The minimum absolute atomic E-state index is 0. The van der Waals surface area contributed by atoms with E-state index in [1.54, 1.807) is 6.07 Å². The molecule has 0 aliphatic rings. The molecule has 1 aromatic heterocycles. The number of rotatable bonds is 19.